The summed E-state index contributed by atoms with van der Waals surface area (Å²) < 4.78 is 0.754. The zero-order valence-electron chi connectivity index (χ0n) is 4.55. The maximum absolute atomic E-state index is 4.88. The highest BCUT2D eigenvalue weighted by Crippen LogP contribution is 2.23. The van der Waals surface area contributed by atoms with Crippen molar-refractivity contribution < 1.29 is 0 Å². The van der Waals surface area contributed by atoms with Gasteiger partial charge in [-0.15, -0.1) is 0 Å². The van der Waals surface area contributed by atoms with E-state index in [0.717, 1.165) is 16.7 Å². The fraction of sp³-hybridized carbons (Fsp3) is 0.500. The van der Waals surface area contributed by atoms with Crippen LogP contribution in [-0.4, -0.2) is 22.0 Å². The second kappa shape index (κ2) is 1.93. The minimum Gasteiger partial charge on any atom is -0.308 e. The molecule has 0 amide bonds. The van der Waals surface area contributed by atoms with E-state index in [1.165, 1.54) is 0 Å². The largest absolute Gasteiger partial charge is 0.308 e. The van der Waals surface area contributed by atoms with E-state index in [2.05, 4.69) is 15.8 Å². The monoisotopic (exact) mass is 159 g/mol. The normalized spacial score (nSPS) is 31.8. The Labute approximate surface area is 62.3 Å². The molecule has 2 aliphatic heterocycles. The molecular weight excluding hydrogens is 154 g/mol. The van der Waals surface area contributed by atoms with Gasteiger partial charge in [0.15, 0.2) is 4.32 Å². The summed E-state index contributed by atoms with van der Waals surface area (Å²) in [7, 11) is 0. The number of thioether (sulfide) groups is 1. The van der Waals surface area contributed by atoms with E-state index >= 15 is 0 Å². The Bertz CT molecular complexity index is 188. The zero-order chi connectivity index (χ0) is 6.27. The van der Waals surface area contributed by atoms with E-state index in [9.17, 15) is 0 Å². The van der Waals surface area contributed by atoms with E-state index in [1.807, 2.05) is 0 Å². The Balaban J connectivity index is 2.27. The van der Waals surface area contributed by atoms with E-state index < -0.39 is 0 Å². The molecule has 2 N–H and O–H groups in total. The molecule has 2 aliphatic rings. The van der Waals surface area contributed by atoms with Crippen LogP contribution in [0.1, 0.15) is 0 Å². The summed E-state index contributed by atoms with van der Waals surface area (Å²) in [5.74, 6) is 0.991. The number of hydrogen-bond donors (Lipinski definition) is 2. The Hall–Kier alpha value is -0.130. The van der Waals surface area contributed by atoms with E-state index in [-0.39, 0.29) is 0 Å². The number of hydrogen-bond acceptors (Lipinski definition) is 4. The Morgan fingerprint density at radius 2 is 2.67 bits per heavy atom. The predicted molar refractivity (Wildman–Crippen MR) is 42.6 cm³/mol. The summed E-state index contributed by atoms with van der Waals surface area (Å²) in [4.78, 5) is 4.09. The fourth-order valence-electron chi connectivity index (χ4n) is 0.855. The predicted octanol–water partition coefficient (Wildman–Crippen LogP) is -0.107. The van der Waals surface area contributed by atoms with Crippen molar-refractivity contribution in [1.29, 1.82) is 0 Å². The SMILES string of the molecule is S=C1N=C2NNCC2S1. The van der Waals surface area contributed by atoms with Gasteiger partial charge in [0.1, 0.15) is 5.84 Å². The van der Waals surface area contributed by atoms with Gasteiger partial charge in [0.05, 0.1) is 5.25 Å². The highest BCUT2D eigenvalue weighted by molar-refractivity contribution is 8.24. The maximum atomic E-state index is 4.88. The molecule has 0 spiro atoms. The standard InChI is InChI=1S/C4H5N3S2/c8-4-6-3-2(9-4)1-5-7-3/h2,5H,1H2,(H,6,7,8). The fourth-order valence-corrected chi connectivity index (χ4v) is 2.09. The average molecular weight is 159 g/mol. The molecule has 0 radical (unpaired) electrons. The molecule has 0 aliphatic carbocycles. The molecule has 9 heavy (non-hydrogen) atoms. The van der Waals surface area contributed by atoms with Gasteiger partial charge in [-0.2, -0.15) is 0 Å². The van der Waals surface area contributed by atoms with Crippen LogP contribution in [0.3, 0.4) is 0 Å². The van der Waals surface area contributed by atoms with Gasteiger partial charge in [0, 0.05) is 6.54 Å². The second-order valence-electron chi connectivity index (χ2n) is 1.88. The van der Waals surface area contributed by atoms with Gasteiger partial charge >= 0.3 is 0 Å². The molecule has 0 aromatic rings. The third-order valence-corrected chi connectivity index (χ3v) is 2.61. The molecular formula is C4H5N3S2. The van der Waals surface area contributed by atoms with Crippen LogP contribution in [0, 0.1) is 0 Å². The van der Waals surface area contributed by atoms with E-state index in [4.69, 9.17) is 12.2 Å². The lowest BCUT2D eigenvalue weighted by Crippen LogP contribution is -2.26. The maximum Gasteiger partial charge on any atom is 0.162 e. The molecule has 1 unspecified atom stereocenters. The first-order valence-corrected chi connectivity index (χ1v) is 3.93. The number of nitrogens with zero attached hydrogens (tertiary/aromatic N) is 1. The molecule has 5 heteroatoms. The summed E-state index contributed by atoms with van der Waals surface area (Å²) in [6.07, 6.45) is 0. The molecule has 0 aromatic carbocycles. The Kier molecular flexibility index (Phi) is 1.21. The van der Waals surface area contributed by atoms with Gasteiger partial charge in [-0.05, 0) is 0 Å². The third-order valence-electron chi connectivity index (χ3n) is 1.26. The lowest BCUT2D eigenvalue weighted by atomic mass is 10.4. The summed E-state index contributed by atoms with van der Waals surface area (Å²) in [6, 6.07) is 0. The minimum absolute atomic E-state index is 0.456. The van der Waals surface area contributed by atoms with Crippen molar-refractivity contribution in [1.82, 2.24) is 10.9 Å². The van der Waals surface area contributed by atoms with Crippen LogP contribution in [0.25, 0.3) is 0 Å². The molecule has 0 aromatic heterocycles. The van der Waals surface area contributed by atoms with Crippen LogP contribution < -0.4 is 10.9 Å². The van der Waals surface area contributed by atoms with Crippen LogP contribution in [0.5, 0.6) is 0 Å². The van der Waals surface area contributed by atoms with Crippen LogP contribution in [0.15, 0.2) is 4.99 Å². The van der Waals surface area contributed by atoms with Gasteiger partial charge in [0.25, 0.3) is 0 Å². The molecule has 0 saturated carbocycles. The van der Waals surface area contributed by atoms with Crippen molar-refractivity contribution in [2.75, 3.05) is 6.54 Å². The van der Waals surface area contributed by atoms with Crippen molar-refractivity contribution in [3.05, 3.63) is 0 Å². The number of thiocarbonyl (C=S) groups is 1. The number of rotatable bonds is 0. The lowest BCUT2D eigenvalue weighted by Gasteiger charge is -1.92. The zero-order valence-corrected chi connectivity index (χ0v) is 6.18. The first-order chi connectivity index (χ1) is 4.36. The van der Waals surface area contributed by atoms with Crippen LogP contribution in [0.2, 0.25) is 0 Å². The van der Waals surface area contributed by atoms with Crippen LogP contribution >= 0.6 is 24.0 Å². The number of hydrazine groups is 1. The van der Waals surface area contributed by atoms with Crippen LogP contribution in [0.4, 0.5) is 0 Å². The smallest absolute Gasteiger partial charge is 0.162 e. The summed E-state index contributed by atoms with van der Waals surface area (Å²) in [5.41, 5.74) is 5.92. The summed E-state index contributed by atoms with van der Waals surface area (Å²) in [6.45, 7) is 0.934. The molecule has 1 fully saturated rings. The van der Waals surface area contributed by atoms with Gasteiger partial charge in [-0.1, -0.05) is 24.0 Å². The highest BCUT2D eigenvalue weighted by Gasteiger charge is 2.29. The molecule has 2 heterocycles. The lowest BCUT2D eigenvalue weighted by molar-refractivity contribution is 0.745. The number of nitrogens with one attached hydrogen (secondary N) is 2. The number of amidine groups is 1. The van der Waals surface area contributed by atoms with Crippen molar-refractivity contribution in [2.24, 2.45) is 4.99 Å². The van der Waals surface area contributed by atoms with Gasteiger partial charge in [-0.25, -0.2) is 10.4 Å². The average Bonchev–Trinajstić information content (AvgIpc) is 2.22. The van der Waals surface area contributed by atoms with Gasteiger partial charge < -0.3 is 5.43 Å². The molecule has 0 bridgehead atoms. The van der Waals surface area contributed by atoms with E-state index in [1.54, 1.807) is 11.8 Å². The van der Waals surface area contributed by atoms with E-state index in [0.29, 0.717) is 5.25 Å². The Morgan fingerprint density at radius 1 is 1.78 bits per heavy atom. The molecule has 48 valence electrons. The van der Waals surface area contributed by atoms with Gasteiger partial charge in [0.2, 0.25) is 0 Å². The molecule has 1 saturated heterocycles. The quantitative estimate of drug-likeness (QED) is 0.484. The number of aliphatic imine (C=N–C) groups is 1. The van der Waals surface area contributed by atoms with Gasteiger partial charge in [-0.3, -0.25) is 0 Å². The molecule has 1 atom stereocenters. The third kappa shape index (κ3) is 0.849. The van der Waals surface area contributed by atoms with Crippen molar-refractivity contribution in [2.45, 2.75) is 5.25 Å². The highest BCUT2D eigenvalue weighted by atomic mass is 32.2. The molecule has 2 rings (SSSR count). The summed E-state index contributed by atoms with van der Waals surface area (Å²) >= 11 is 6.52. The first-order valence-electron chi connectivity index (χ1n) is 2.64. The van der Waals surface area contributed by atoms with Crippen LogP contribution in [-0.2, 0) is 0 Å². The second-order valence-corrected chi connectivity index (χ2v) is 3.71. The topological polar surface area (TPSA) is 36.4 Å². The Morgan fingerprint density at radius 3 is 3.44 bits per heavy atom. The molecule has 3 nitrogen and oxygen atoms in total. The minimum atomic E-state index is 0.456. The summed E-state index contributed by atoms with van der Waals surface area (Å²) in [5, 5.41) is 0.456. The first kappa shape index (κ1) is 5.64. The van der Waals surface area contributed by atoms with Crippen molar-refractivity contribution in [3.8, 4) is 0 Å². The number of fused-ring (bicyclic) bond motifs is 1. The van der Waals surface area contributed by atoms with Crippen molar-refractivity contribution in [3.63, 3.8) is 0 Å². The van der Waals surface area contributed by atoms with Crippen molar-refractivity contribution >= 4 is 34.1 Å².